The largest absolute Gasteiger partial charge is 0.476 e. The highest BCUT2D eigenvalue weighted by molar-refractivity contribution is 5.88. The summed E-state index contributed by atoms with van der Waals surface area (Å²) in [6.45, 7) is 5.88. The number of fused-ring (bicyclic) bond motifs is 1. The van der Waals surface area contributed by atoms with E-state index in [1.807, 2.05) is 29.5 Å². The second-order valence-electron chi connectivity index (χ2n) is 5.89. The average molecular weight is 287 g/mol. The summed E-state index contributed by atoms with van der Waals surface area (Å²) in [5, 5.41) is 9.46. The van der Waals surface area contributed by atoms with Crippen LogP contribution in [0.4, 0.5) is 0 Å². The maximum Gasteiger partial charge on any atom is 0.356 e. The Balaban J connectivity index is 2.06. The second kappa shape index (κ2) is 5.48. The zero-order valence-corrected chi connectivity index (χ0v) is 12.5. The van der Waals surface area contributed by atoms with Gasteiger partial charge in [0.1, 0.15) is 5.65 Å². The van der Waals surface area contributed by atoms with Crippen LogP contribution in [0.25, 0.3) is 5.65 Å². The molecule has 2 aromatic rings. The van der Waals surface area contributed by atoms with Gasteiger partial charge in [0.25, 0.3) is 0 Å². The maximum absolute atomic E-state index is 11.5. The zero-order valence-electron chi connectivity index (χ0n) is 12.5. The van der Waals surface area contributed by atoms with Gasteiger partial charge in [-0.1, -0.05) is 12.5 Å². The number of nitrogens with zero attached hydrogens (tertiary/aromatic N) is 3. The fourth-order valence-corrected chi connectivity index (χ4v) is 3.23. The first kappa shape index (κ1) is 14.1. The Hall–Kier alpha value is -1.88. The van der Waals surface area contributed by atoms with E-state index in [2.05, 4.69) is 16.8 Å². The van der Waals surface area contributed by atoms with Crippen molar-refractivity contribution < 1.29 is 9.90 Å². The first-order valence-corrected chi connectivity index (χ1v) is 7.52. The number of aromatic nitrogens is 2. The van der Waals surface area contributed by atoms with E-state index in [1.54, 1.807) is 0 Å². The third-order valence-corrected chi connectivity index (χ3v) is 4.43. The molecule has 0 amide bonds. The molecule has 0 aliphatic carbocycles. The van der Waals surface area contributed by atoms with Crippen LogP contribution in [-0.2, 0) is 6.54 Å². The lowest BCUT2D eigenvalue weighted by atomic mass is 10.0. The van der Waals surface area contributed by atoms with Crippen LogP contribution < -0.4 is 0 Å². The molecule has 1 fully saturated rings. The van der Waals surface area contributed by atoms with Crippen molar-refractivity contribution in [2.45, 2.75) is 45.7 Å². The van der Waals surface area contributed by atoms with Gasteiger partial charge < -0.3 is 5.11 Å². The zero-order chi connectivity index (χ0) is 15.0. The quantitative estimate of drug-likeness (QED) is 0.943. The van der Waals surface area contributed by atoms with Crippen LogP contribution in [0.3, 0.4) is 0 Å². The van der Waals surface area contributed by atoms with E-state index in [1.165, 1.54) is 19.3 Å². The molecule has 1 N–H and O–H groups in total. The number of rotatable bonds is 3. The van der Waals surface area contributed by atoms with Gasteiger partial charge in [0.05, 0.1) is 5.69 Å². The summed E-state index contributed by atoms with van der Waals surface area (Å²) in [4.78, 5) is 18.2. The van der Waals surface area contributed by atoms with Gasteiger partial charge in [-0.25, -0.2) is 9.78 Å². The summed E-state index contributed by atoms with van der Waals surface area (Å²) in [5.41, 5.74) is 2.71. The van der Waals surface area contributed by atoms with Gasteiger partial charge in [0.2, 0.25) is 0 Å². The van der Waals surface area contributed by atoms with Crippen LogP contribution in [-0.4, -0.2) is 37.9 Å². The van der Waals surface area contributed by atoms with E-state index in [0.717, 1.165) is 17.9 Å². The molecule has 0 aromatic carbocycles. The van der Waals surface area contributed by atoms with Crippen LogP contribution in [0.2, 0.25) is 0 Å². The molecule has 21 heavy (non-hydrogen) atoms. The molecule has 1 aliphatic heterocycles. The van der Waals surface area contributed by atoms with Gasteiger partial charge in [0, 0.05) is 18.3 Å². The molecule has 1 aliphatic rings. The lowest BCUT2D eigenvalue weighted by Gasteiger charge is -2.33. The number of imidazole rings is 1. The SMILES string of the molecule is Cc1cccc2nc(C(=O)O)c(CN3CCCCC3C)n12. The van der Waals surface area contributed by atoms with E-state index in [9.17, 15) is 9.90 Å². The van der Waals surface area contributed by atoms with Crippen molar-refractivity contribution in [3.05, 3.63) is 35.3 Å². The fraction of sp³-hybridized carbons (Fsp3) is 0.500. The predicted octanol–water partition coefficient (Wildman–Crippen LogP) is 2.72. The number of carboxylic acids is 1. The van der Waals surface area contributed by atoms with E-state index < -0.39 is 5.97 Å². The summed E-state index contributed by atoms with van der Waals surface area (Å²) in [6.07, 6.45) is 3.62. The summed E-state index contributed by atoms with van der Waals surface area (Å²) in [7, 11) is 0. The van der Waals surface area contributed by atoms with Crippen LogP contribution in [0.1, 0.15) is 48.1 Å². The maximum atomic E-state index is 11.5. The Bertz CT molecular complexity index is 677. The minimum Gasteiger partial charge on any atom is -0.476 e. The first-order valence-electron chi connectivity index (χ1n) is 7.52. The Morgan fingerprint density at radius 2 is 2.24 bits per heavy atom. The third kappa shape index (κ3) is 2.53. The number of pyridine rings is 1. The lowest BCUT2D eigenvalue weighted by molar-refractivity contribution is 0.0686. The molecular formula is C16H21N3O2. The van der Waals surface area contributed by atoms with Gasteiger partial charge in [-0.15, -0.1) is 0 Å². The molecule has 0 saturated carbocycles. The Morgan fingerprint density at radius 1 is 1.43 bits per heavy atom. The monoisotopic (exact) mass is 287 g/mol. The first-order chi connectivity index (χ1) is 10.1. The number of aryl methyl sites for hydroxylation is 1. The second-order valence-corrected chi connectivity index (χ2v) is 5.89. The van der Waals surface area contributed by atoms with Gasteiger partial charge in [-0.05, 0) is 45.4 Å². The van der Waals surface area contributed by atoms with Crippen LogP contribution in [0, 0.1) is 6.92 Å². The Labute approximate surface area is 124 Å². The molecule has 112 valence electrons. The standard InChI is InChI=1S/C16H21N3O2/c1-11-6-3-4-9-18(11)10-13-15(16(20)21)17-14-8-5-7-12(2)19(13)14/h5,7-8,11H,3-4,6,9-10H2,1-2H3,(H,20,21). The number of aromatic carboxylic acids is 1. The Kier molecular flexibility index (Phi) is 3.68. The molecule has 1 atom stereocenters. The summed E-state index contributed by atoms with van der Waals surface area (Å²) in [5.74, 6) is -0.947. The molecule has 1 saturated heterocycles. The Morgan fingerprint density at radius 3 is 2.95 bits per heavy atom. The number of hydrogen-bond donors (Lipinski definition) is 1. The van der Waals surface area contributed by atoms with Crippen molar-refractivity contribution in [1.82, 2.24) is 14.3 Å². The smallest absolute Gasteiger partial charge is 0.356 e. The van der Waals surface area contributed by atoms with E-state index in [4.69, 9.17) is 0 Å². The van der Waals surface area contributed by atoms with Gasteiger partial charge >= 0.3 is 5.97 Å². The highest BCUT2D eigenvalue weighted by Crippen LogP contribution is 2.22. The summed E-state index contributed by atoms with van der Waals surface area (Å²) >= 11 is 0. The molecule has 2 aromatic heterocycles. The molecule has 0 spiro atoms. The number of hydrogen-bond acceptors (Lipinski definition) is 3. The molecule has 5 heteroatoms. The van der Waals surface area contributed by atoms with Gasteiger partial charge in [-0.2, -0.15) is 0 Å². The van der Waals surface area contributed by atoms with Crippen molar-refractivity contribution in [2.24, 2.45) is 0 Å². The van der Waals surface area contributed by atoms with E-state index in [0.29, 0.717) is 18.2 Å². The minimum absolute atomic E-state index is 0.182. The van der Waals surface area contributed by atoms with Gasteiger partial charge in [-0.3, -0.25) is 9.30 Å². The van der Waals surface area contributed by atoms with E-state index >= 15 is 0 Å². The molecule has 3 rings (SSSR count). The molecule has 5 nitrogen and oxygen atoms in total. The number of carbonyl (C=O) groups is 1. The lowest BCUT2D eigenvalue weighted by Crippen LogP contribution is -2.37. The third-order valence-electron chi connectivity index (χ3n) is 4.43. The van der Waals surface area contributed by atoms with Crippen molar-refractivity contribution in [3.8, 4) is 0 Å². The normalized spacial score (nSPS) is 20.0. The fourth-order valence-electron chi connectivity index (χ4n) is 3.23. The van der Waals surface area contributed by atoms with Crippen LogP contribution in [0.15, 0.2) is 18.2 Å². The molecule has 0 radical (unpaired) electrons. The average Bonchev–Trinajstić information content (AvgIpc) is 2.82. The number of carboxylic acid groups (broad SMARTS) is 1. The number of piperidine rings is 1. The summed E-state index contributed by atoms with van der Waals surface area (Å²) < 4.78 is 1.98. The van der Waals surface area contributed by atoms with Crippen LogP contribution >= 0.6 is 0 Å². The topological polar surface area (TPSA) is 57.8 Å². The molecule has 3 heterocycles. The summed E-state index contributed by atoms with van der Waals surface area (Å²) in [6, 6.07) is 6.26. The molecular weight excluding hydrogens is 266 g/mol. The predicted molar refractivity (Wildman–Crippen MR) is 80.6 cm³/mol. The van der Waals surface area contributed by atoms with Crippen molar-refractivity contribution in [3.63, 3.8) is 0 Å². The number of likely N-dealkylation sites (tertiary alicyclic amines) is 1. The highest BCUT2D eigenvalue weighted by Gasteiger charge is 2.24. The minimum atomic E-state index is -0.947. The highest BCUT2D eigenvalue weighted by atomic mass is 16.4. The van der Waals surface area contributed by atoms with Crippen molar-refractivity contribution in [1.29, 1.82) is 0 Å². The van der Waals surface area contributed by atoms with Crippen LogP contribution in [0.5, 0.6) is 0 Å². The molecule has 0 bridgehead atoms. The van der Waals surface area contributed by atoms with E-state index in [-0.39, 0.29) is 5.69 Å². The molecule has 1 unspecified atom stereocenters. The van der Waals surface area contributed by atoms with Crippen molar-refractivity contribution in [2.75, 3.05) is 6.54 Å². The van der Waals surface area contributed by atoms with Gasteiger partial charge in [0.15, 0.2) is 5.69 Å². The van der Waals surface area contributed by atoms with Crippen molar-refractivity contribution >= 4 is 11.6 Å².